The van der Waals surface area contributed by atoms with Crippen LogP contribution in [0.25, 0.3) is 11.3 Å². The predicted octanol–water partition coefficient (Wildman–Crippen LogP) is 5.22. The standard InChI is InChI=1S/C27H34N2O6/c1-18-22(16-33-25(32)29(2)21-5-3-4-6-21)24(35-28-18)19-7-9-20(10-8-19)26-11-13-27(14-12-26,34-17-26)15-23(30)31/h7-10,21H,3-6,11-17H2,1-2H3,(H,30,31). The monoisotopic (exact) mass is 482 g/mol. The highest BCUT2D eigenvalue weighted by atomic mass is 16.6. The second-order valence-electron chi connectivity index (χ2n) is 10.6. The van der Waals surface area contributed by atoms with Crippen molar-refractivity contribution in [1.82, 2.24) is 10.1 Å². The molecule has 0 radical (unpaired) electrons. The highest BCUT2D eigenvalue weighted by Gasteiger charge is 2.51. The van der Waals surface area contributed by atoms with E-state index in [0.29, 0.717) is 18.1 Å². The summed E-state index contributed by atoms with van der Waals surface area (Å²) >= 11 is 0. The number of nitrogens with zero attached hydrogens (tertiary/aromatic N) is 2. The molecule has 2 aliphatic carbocycles. The third kappa shape index (κ3) is 4.56. The van der Waals surface area contributed by atoms with E-state index in [2.05, 4.69) is 17.3 Å². The zero-order chi connectivity index (χ0) is 24.6. The number of aromatic nitrogens is 1. The third-order valence-electron chi connectivity index (χ3n) is 8.49. The molecule has 1 aromatic heterocycles. The Balaban J connectivity index is 1.27. The molecule has 1 N–H and O–H groups in total. The van der Waals surface area contributed by atoms with Gasteiger partial charge in [0.15, 0.2) is 5.76 Å². The van der Waals surface area contributed by atoms with Crippen LogP contribution in [0.15, 0.2) is 28.8 Å². The minimum absolute atomic E-state index is 0.0701. The first kappa shape index (κ1) is 23.9. The molecule has 4 fully saturated rings. The van der Waals surface area contributed by atoms with Crippen molar-refractivity contribution in [1.29, 1.82) is 0 Å². The van der Waals surface area contributed by atoms with Crippen LogP contribution >= 0.6 is 0 Å². The molecule has 3 heterocycles. The van der Waals surface area contributed by atoms with Gasteiger partial charge in [0.25, 0.3) is 0 Å². The van der Waals surface area contributed by atoms with E-state index in [1.54, 1.807) is 4.90 Å². The molecule has 0 spiro atoms. The lowest BCUT2D eigenvalue weighted by atomic mass is 9.62. The Hall–Kier alpha value is -2.87. The fourth-order valence-corrected chi connectivity index (χ4v) is 6.08. The van der Waals surface area contributed by atoms with E-state index in [0.717, 1.165) is 62.5 Å². The number of aliphatic carboxylic acids is 1. The number of aryl methyl sites for hydroxylation is 1. The van der Waals surface area contributed by atoms with Gasteiger partial charge in [0.2, 0.25) is 0 Å². The van der Waals surface area contributed by atoms with Gasteiger partial charge >= 0.3 is 12.1 Å². The van der Waals surface area contributed by atoms with E-state index in [-0.39, 0.29) is 30.6 Å². The van der Waals surface area contributed by atoms with Gasteiger partial charge < -0.3 is 24.0 Å². The number of carboxylic acids is 1. The van der Waals surface area contributed by atoms with Crippen LogP contribution in [0.5, 0.6) is 0 Å². The van der Waals surface area contributed by atoms with Gasteiger partial charge in [-0.25, -0.2) is 4.79 Å². The number of hydrogen-bond donors (Lipinski definition) is 1. The first-order valence-electron chi connectivity index (χ1n) is 12.6. The number of rotatable bonds is 7. The average molecular weight is 483 g/mol. The number of benzene rings is 1. The van der Waals surface area contributed by atoms with Crippen molar-refractivity contribution in [3.05, 3.63) is 41.1 Å². The lowest BCUT2D eigenvalue weighted by Gasteiger charge is -2.53. The topological polar surface area (TPSA) is 102 Å². The summed E-state index contributed by atoms with van der Waals surface area (Å²) in [6, 6.07) is 8.52. The number of carbonyl (C=O) groups is 2. The Bertz CT molecular complexity index is 1060. The SMILES string of the molecule is Cc1noc(-c2ccc(C34CCC(CC(=O)O)(CC3)OC4)cc2)c1COC(=O)N(C)C1CCCC1. The van der Waals surface area contributed by atoms with Crippen LogP contribution in [0.1, 0.15) is 74.6 Å². The number of carboxylic acid groups (broad SMARTS) is 1. The molecule has 2 bridgehead atoms. The molecule has 188 valence electrons. The molecule has 0 atom stereocenters. The van der Waals surface area contributed by atoms with Crippen LogP contribution in [0, 0.1) is 6.92 Å². The van der Waals surface area contributed by atoms with Crippen molar-refractivity contribution in [2.75, 3.05) is 13.7 Å². The maximum absolute atomic E-state index is 12.6. The number of hydrogen-bond acceptors (Lipinski definition) is 6. The fourth-order valence-electron chi connectivity index (χ4n) is 6.08. The van der Waals surface area contributed by atoms with Crippen LogP contribution in [-0.4, -0.2) is 52.5 Å². The number of fused-ring (bicyclic) bond motifs is 3. The molecule has 8 heteroatoms. The average Bonchev–Trinajstić information content (AvgIpc) is 3.53. The molecule has 2 aliphatic heterocycles. The summed E-state index contributed by atoms with van der Waals surface area (Å²) in [7, 11) is 1.81. The zero-order valence-electron chi connectivity index (χ0n) is 20.5. The molecule has 8 nitrogen and oxygen atoms in total. The summed E-state index contributed by atoms with van der Waals surface area (Å²) in [4.78, 5) is 25.5. The minimum atomic E-state index is -0.794. The van der Waals surface area contributed by atoms with Crippen molar-refractivity contribution in [3.8, 4) is 11.3 Å². The summed E-state index contributed by atoms with van der Waals surface area (Å²) < 4.78 is 17.4. The quantitative estimate of drug-likeness (QED) is 0.577. The Labute approximate surface area is 205 Å². The van der Waals surface area contributed by atoms with Gasteiger partial charge in [0.05, 0.1) is 29.9 Å². The van der Waals surface area contributed by atoms with E-state index >= 15 is 0 Å². The Kier molecular flexibility index (Phi) is 6.34. The molecular formula is C27H34N2O6. The highest BCUT2D eigenvalue weighted by molar-refractivity contribution is 5.69. The maximum Gasteiger partial charge on any atom is 0.410 e. The predicted molar refractivity (Wildman–Crippen MR) is 128 cm³/mol. The number of ether oxygens (including phenoxy) is 2. The largest absolute Gasteiger partial charge is 0.481 e. The molecule has 35 heavy (non-hydrogen) atoms. The first-order valence-corrected chi connectivity index (χ1v) is 12.6. The van der Waals surface area contributed by atoms with Crippen LogP contribution in [0.2, 0.25) is 0 Å². The fraction of sp³-hybridized carbons (Fsp3) is 0.593. The molecular weight excluding hydrogens is 448 g/mol. The van der Waals surface area contributed by atoms with E-state index < -0.39 is 11.6 Å². The lowest BCUT2D eigenvalue weighted by Crippen LogP contribution is -2.54. The molecule has 1 amide bonds. The third-order valence-corrected chi connectivity index (χ3v) is 8.49. The van der Waals surface area contributed by atoms with Crippen molar-refractivity contribution < 1.29 is 28.7 Å². The van der Waals surface area contributed by atoms with Gasteiger partial charge in [0.1, 0.15) is 6.61 Å². The van der Waals surface area contributed by atoms with Gasteiger partial charge in [-0.1, -0.05) is 42.3 Å². The van der Waals surface area contributed by atoms with E-state index in [9.17, 15) is 14.7 Å². The van der Waals surface area contributed by atoms with Gasteiger partial charge in [-0.3, -0.25) is 4.79 Å². The van der Waals surface area contributed by atoms with Gasteiger partial charge in [-0.2, -0.15) is 0 Å². The lowest BCUT2D eigenvalue weighted by molar-refractivity contribution is -0.174. The van der Waals surface area contributed by atoms with Crippen molar-refractivity contribution in [2.45, 2.75) is 88.4 Å². The molecule has 4 aliphatic rings. The van der Waals surface area contributed by atoms with Gasteiger partial charge in [-0.05, 0) is 51.0 Å². The van der Waals surface area contributed by atoms with Crippen molar-refractivity contribution >= 4 is 12.1 Å². The number of carbonyl (C=O) groups excluding carboxylic acids is 1. The molecule has 2 saturated carbocycles. The van der Waals surface area contributed by atoms with Gasteiger partial charge in [-0.15, -0.1) is 0 Å². The van der Waals surface area contributed by atoms with E-state index in [4.69, 9.17) is 14.0 Å². The van der Waals surface area contributed by atoms with Gasteiger partial charge in [0, 0.05) is 24.1 Å². The Morgan fingerprint density at radius 1 is 1.14 bits per heavy atom. The summed E-state index contributed by atoms with van der Waals surface area (Å²) in [6.45, 7) is 2.53. The van der Waals surface area contributed by atoms with E-state index in [1.807, 2.05) is 26.1 Å². The number of amides is 1. The van der Waals surface area contributed by atoms with Crippen LogP contribution in [0.3, 0.4) is 0 Å². The Morgan fingerprint density at radius 2 is 1.83 bits per heavy atom. The summed E-state index contributed by atoms with van der Waals surface area (Å²) in [6.07, 6.45) is 7.54. The van der Waals surface area contributed by atoms with Crippen molar-refractivity contribution in [2.24, 2.45) is 0 Å². The van der Waals surface area contributed by atoms with Crippen molar-refractivity contribution in [3.63, 3.8) is 0 Å². The summed E-state index contributed by atoms with van der Waals surface area (Å²) in [5, 5.41) is 13.4. The normalized spacial score (nSPS) is 26.1. The summed E-state index contributed by atoms with van der Waals surface area (Å²) in [5.41, 5.74) is 3.01. The van der Waals surface area contributed by atoms with Crippen LogP contribution in [-0.2, 0) is 26.3 Å². The zero-order valence-corrected chi connectivity index (χ0v) is 20.5. The second kappa shape index (κ2) is 9.30. The summed E-state index contributed by atoms with van der Waals surface area (Å²) in [5.74, 6) is -0.176. The molecule has 6 rings (SSSR count). The van der Waals surface area contributed by atoms with E-state index in [1.165, 1.54) is 5.56 Å². The van der Waals surface area contributed by atoms with Crippen LogP contribution < -0.4 is 0 Å². The first-order chi connectivity index (χ1) is 16.8. The minimum Gasteiger partial charge on any atom is -0.481 e. The smallest absolute Gasteiger partial charge is 0.410 e. The highest BCUT2D eigenvalue weighted by Crippen LogP contribution is 2.51. The second-order valence-corrected chi connectivity index (χ2v) is 10.6. The molecule has 0 unspecified atom stereocenters. The molecule has 1 aromatic carbocycles. The maximum atomic E-state index is 12.6. The van der Waals surface area contributed by atoms with Crippen LogP contribution in [0.4, 0.5) is 4.79 Å². The molecule has 2 aromatic rings. The Morgan fingerprint density at radius 3 is 2.43 bits per heavy atom. The molecule has 2 saturated heterocycles.